The third-order valence-electron chi connectivity index (χ3n) is 8.57. The van der Waals surface area contributed by atoms with Gasteiger partial charge in [-0.1, -0.05) is 132 Å². The summed E-state index contributed by atoms with van der Waals surface area (Å²) in [5, 5.41) is 9.77. The molecule has 0 aliphatic rings. The Balaban J connectivity index is 4.48. The fraction of sp³-hybridized carbons (Fsp3) is 0.674. The molecule has 0 aliphatic heterocycles. The molecule has 0 aliphatic carbocycles. The highest BCUT2D eigenvalue weighted by Crippen LogP contribution is 2.38. The predicted octanol–water partition coefficient (Wildman–Crippen LogP) is 11.2. The molecule has 0 heterocycles. The monoisotopic (exact) mass is 806 g/mol. The zero-order chi connectivity index (χ0) is 41.4. The van der Waals surface area contributed by atoms with Gasteiger partial charge in [-0.25, -0.2) is 0 Å². The number of phosphoric ester groups is 1. The van der Waals surface area contributed by atoms with E-state index in [1.807, 2.05) is 70.6 Å². The van der Waals surface area contributed by atoms with Crippen molar-refractivity contribution in [2.24, 2.45) is 0 Å². The number of esters is 1. The minimum atomic E-state index is -4.57. The standard InChI is InChI=1S/C46H80NO8P/c1-6-8-10-11-12-13-14-15-16-17-20-23-26-29-32-35-40-52-42-45(43-54-56(50,51)53-41-39-47(3,4)5)55-46(49)38-34-31-28-25-22-19-18-21-24-27-30-33-37-44(48)36-9-7-2/h9,15-16,18-19,24-25,27-28,30,33,35-36,40,44-45,48H,6-8,10-14,17,20-23,26,29,31-32,34,37-39,41-43H2,1-5H3/b16-15-,19-18-,27-24-,28-25-,33-30+,36-9-,40-35+/t44?,45-/m1/s1. The number of nitrogens with zero attached hydrogens (tertiary/aromatic N) is 1. The van der Waals surface area contributed by atoms with Crippen LogP contribution < -0.4 is 4.89 Å². The van der Waals surface area contributed by atoms with Crippen molar-refractivity contribution in [2.45, 2.75) is 154 Å². The van der Waals surface area contributed by atoms with Crippen LogP contribution in [-0.4, -0.2) is 75.3 Å². The highest BCUT2D eigenvalue weighted by molar-refractivity contribution is 7.45. The van der Waals surface area contributed by atoms with Gasteiger partial charge < -0.3 is 33.0 Å². The normalized spacial score (nSPS) is 15.1. The Morgan fingerprint density at radius 1 is 0.696 bits per heavy atom. The fourth-order valence-corrected chi connectivity index (χ4v) is 5.94. The van der Waals surface area contributed by atoms with Gasteiger partial charge in [0.2, 0.25) is 0 Å². The second-order valence-corrected chi connectivity index (χ2v) is 16.6. The summed E-state index contributed by atoms with van der Waals surface area (Å²) in [5.74, 6) is -0.434. The lowest BCUT2D eigenvalue weighted by molar-refractivity contribution is -0.870. The minimum Gasteiger partial charge on any atom is -0.756 e. The molecule has 0 saturated carbocycles. The largest absolute Gasteiger partial charge is 0.756 e. The Morgan fingerprint density at radius 2 is 1.27 bits per heavy atom. The third-order valence-corrected chi connectivity index (χ3v) is 9.53. The molecule has 3 atom stereocenters. The van der Waals surface area contributed by atoms with Gasteiger partial charge in [-0.2, -0.15) is 0 Å². The van der Waals surface area contributed by atoms with Crippen LogP contribution in [0.25, 0.3) is 0 Å². The first-order valence-electron chi connectivity index (χ1n) is 21.5. The molecule has 56 heavy (non-hydrogen) atoms. The number of aliphatic hydroxyl groups excluding tert-OH is 1. The van der Waals surface area contributed by atoms with Crippen molar-refractivity contribution < 1.29 is 42.4 Å². The first-order valence-corrected chi connectivity index (χ1v) is 22.9. The molecule has 0 spiro atoms. The van der Waals surface area contributed by atoms with E-state index in [0.717, 1.165) is 51.4 Å². The van der Waals surface area contributed by atoms with Crippen molar-refractivity contribution in [3.63, 3.8) is 0 Å². The van der Waals surface area contributed by atoms with E-state index in [4.69, 9.17) is 18.5 Å². The lowest BCUT2D eigenvalue weighted by atomic mass is 10.1. The quantitative estimate of drug-likeness (QED) is 0.0125. The topological polar surface area (TPSA) is 114 Å². The number of unbranched alkanes of at least 4 members (excludes halogenated alkanes) is 12. The molecule has 0 amide bonds. The van der Waals surface area contributed by atoms with Crippen LogP contribution in [0.3, 0.4) is 0 Å². The van der Waals surface area contributed by atoms with E-state index < -0.39 is 26.0 Å². The van der Waals surface area contributed by atoms with Gasteiger partial charge in [-0.15, -0.1) is 0 Å². The van der Waals surface area contributed by atoms with E-state index >= 15 is 0 Å². The van der Waals surface area contributed by atoms with Crippen molar-refractivity contribution in [1.82, 2.24) is 0 Å². The van der Waals surface area contributed by atoms with Crippen LogP contribution in [-0.2, 0) is 27.9 Å². The van der Waals surface area contributed by atoms with Crippen LogP contribution >= 0.6 is 7.82 Å². The number of carbonyl (C=O) groups excluding carboxylic acids is 1. The number of carbonyl (C=O) groups is 1. The van der Waals surface area contributed by atoms with E-state index in [0.29, 0.717) is 23.9 Å². The van der Waals surface area contributed by atoms with Crippen LogP contribution in [0.4, 0.5) is 0 Å². The molecule has 0 radical (unpaired) electrons. The number of phosphoric acid groups is 1. The Bertz CT molecular complexity index is 1180. The molecule has 0 aromatic heterocycles. The molecule has 1 N–H and O–H groups in total. The van der Waals surface area contributed by atoms with Crippen LogP contribution in [0, 0.1) is 0 Å². The molecule has 2 unspecified atom stereocenters. The van der Waals surface area contributed by atoms with Gasteiger partial charge in [0.25, 0.3) is 7.82 Å². The van der Waals surface area contributed by atoms with Gasteiger partial charge in [0.1, 0.15) is 19.8 Å². The van der Waals surface area contributed by atoms with Crippen molar-refractivity contribution in [2.75, 3.05) is 47.5 Å². The Labute approximate surface area is 342 Å². The van der Waals surface area contributed by atoms with Crippen molar-refractivity contribution in [3.05, 3.63) is 85.3 Å². The van der Waals surface area contributed by atoms with E-state index in [1.165, 1.54) is 57.8 Å². The summed E-state index contributed by atoms with van der Waals surface area (Å²) in [6.45, 7) is 4.37. The molecule has 0 rings (SSSR count). The smallest absolute Gasteiger partial charge is 0.306 e. The number of quaternary nitrogens is 1. The molecular weight excluding hydrogens is 725 g/mol. The zero-order valence-electron chi connectivity index (χ0n) is 35.9. The number of hydrogen-bond acceptors (Lipinski definition) is 8. The third kappa shape index (κ3) is 41.1. The average molecular weight is 806 g/mol. The van der Waals surface area contributed by atoms with E-state index in [1.54, 1.807) is 6.26 Å². The zero-order valence-corrected chi connectivity index (χ0v) is 36.8. The number of rotatable bonds is 38. The summed E-state index contributed by atoms with van der Waals surface area (Å²) in [4.78, 5) is 25.0. The number of aliphatic hydroxyl groups is 1. The summed E-state index contributed by atoms with van der Waals surface area (Å²) < 4.78 is 34.2. The predicted molar refractivity (Wildman–Crippen MR) is 232 cm³/mol. The van der Waals surface area contributed by atoms with E-state index in [9.17, 15) is 19.4 Å². The number of allylic oxidation sites excluding steroid dienone is 11. The molecule has 0 bridgehead atoms. The molecule has 322 valence electrons. The summed E-state index contributed by atoms with van der Waals surface area (Å²) in [7, 11) is 1.24. The van der Waals surface area contributed by atoms with Gasteiger partial charge in [0.15, 0.2) is 6.10 Å². The van der Waals surface area contributed by atoms with Gasteiger partial charge in [0.05, 0.1) is 40.1 Å². The Kier molecular flexibility index (Phi) is 36.3. The lowest BCUT2D eigenvalue weighted by Gasteiger charge is -2.28. The average Bonchev–Trinajstić information content (AvgIpc) is 3.15. The molecule has 0 fully saturated rings. The number of likely N-dealkylation sites (N-methyl/N-ethyl adjacent to an activating group) is 1. The van der Waals surface area contributed by atoms with Gasteiger partial charge >= 0.3 is 5.97 Å². The molecule has 9 nitrogen and oxygen atoms in total. The fourth-order valence-electron chi connectivity index (χ4n) is 5.21. The number of ether oxygens (including phenoxy) is 2. The second kappa shape index (κ2) is 38.0. The molecular formula is C46H80NO8P. The summed E-state index contributed by atoms with van der Waals surface area (Å²) in [6.07, 6.45) is 47.5. The first-order chi connectivity index (χ1) is 27.0. The minimum absolute atomic E-state index is 0.00799. The number of hydrogen-bond donors (Lipinski definition) is 1. The summed E-state index contributed by atoms with van der Waals surface area (Å²) >= 11 is 0. The summed E-state index contributed by atoms with van der Waals surface area (Å²) in [6, 6.07) is 0. The van der Waals surface area contributed by atoms with Crippen LogP contribution in [0.15, 0.2) is 85.3 Å². The second-order valence-electron chi connectivity index (χ2n) is 15.2. The first kappa shape index (κ1) is 53.5. The van der Waals surface area contributed by atoms with Crippen LogP contribution in [0.2, 0.25) is 0 Å². The maximum atomic E-state index is 12.6. The Morgan fingerprint density at radius 3 is 1.93 bits per heavy atom. The SMILES string of the molecule is CC/C=C\C(O)C/C=C/C=C\C/C=C\C/C=C\CCCC(=O)O[C@H](CO/C=C/CCCCCC/C=C\CCCCCCCC)COP(=O)([O-])OCC[N+](C)(C)C. The molecule has 10 heteroatoms. The Hall–Kier alpha value is -2.52. The summed E-state index contributed by atoms with van der Waals surface area (Å²) in [5.41, 5.74) is 0. The molecule has 0 saturated heterocycles. The molecule has 0 aromatic carbocycles. The maximum absolute atomic E-state index is 12.6. The van der Waals surface area contributed by atoms with E-state index in [2.05, 4.69) is 43.4 Å². The van der Waals surface area contributed by atoms with Crippen molar-refractivity contribution >= 4 is 13.8 Å². The highest BCUT2D eigenvalue weighted by atomic mass is 31.2. The van der Waals surface area contributed by atoms with Crippen LogP contribution in [0.5, 0.6) is 0 Å². The van der Waals surface area contributed by atoms with Crippen molar-refractivity contribution in [3.8, 4) is 0 Å². The van der Waals surface area contributed by atoms with Crippen molar-refractivity contribution in [1.29, 1.82) is 0 Å². The lowest BCUT2D eigenvalue weighted by Crippen LogP contribution is -2.37. The van der Waals surface area contributed by atoms with Gasteiger partial charge in [0, 0.05) is 6.42 Å². The van der Waals surface area contributed by atoms with Gasteiger partial charge in [-0.05, 0) is 83.1 Å². The highest BCUT2D eigenvalue weighted by Gasteiger charge is 2.20. The maximum Gasteiger partial charge on any atom is 0.306 e. The molecule has 0 aromatic rings. The van der Waals surface area contributed by atoms with Gasteiger partial charge in [-0.3, -0.25) is 9.36 Å². The van der Waals surface area contributed by atoms with Crippen LogP contribution in [0.1, 0.15) is 142 Å². The van der Waals surface area contributed by atoms with E-state index in [-0.39, 0.29) is 26.2 Å².